The molecule has 184 valence electrons. The lowest BCUT2D eigenvalue weighted by molar-refractivity contribution is -0.222. The summed E-state index contributed by atoms with van der Waals surface area (Å²) in [5.74, 6) is 1.23. The number of aromatic amines is 1. The third-order valence-electron chi connectivity index (χ3n) is 6.34. The second kappa shape index (κ2) is 11.3. The molecule has 9 nitrogen and oxygen atoms in total. The Bertz CT molecular complexity index is 1190. The molecule has 0 saturated heterocycles. The van der Waals surface area contributed by atoms with Gasteiger partial charge in [0, 0.05) is 32.6 Å². The number of H-pyrrole nitrogens is 1. The maximum Gasteiger partial charge on any atom is 0.231 e. The molecule has 0 aliphatic heterocycles. The fourth-order valence-corrected chi connectivity index (χ4v) is 4.27. The van der Waals surface area contributed by atoms with Gasteiger partial charge in [-0.2, -0.15) is 0 Å². The summed E-state index contributed by atoms with van der Waals surface area (Å²) >= 11 is 0. The average Bonchev–Trinajstić information content (AvgIpc) is 3.57. The van der Waals surface area contributed by atoms with Gasteiger partial charge in [-0.1, -0.05) is 75.2 Å². The molecule has 0 radical (unpaired) electrons. The molecule has 0 saturated carbocycles. The molecule has 0 fully saturated rings. The topological polar surface area (TPSA) is 104 Å². The van der Waals surface area contributed by atoms with Gasteiger partial charge in [0.1, 0.15) is 5.82 Å². The second-order valence-corrected chi connectivity index (χ2v) is 8.47. The highest BCUT2D eigenvalue weighted by Crippen LogP contribution is 2.30. The Kier molecular flexibility index (Phi) is 7.99. The predicted octanol–water partition coefficient (Wildman–Crippen LogP) is 4.76. The normalized spacial score (nSPS) is 11.8. The first-order chi connectivity index (χ1) is 17.1. The Hall–Kier alpha value is -3.43. The standard InChI is InChI=1S/C26H33N7O2/c1-5-7-8-13-23-27-25(26(6-2,34-3)35-4)30-33(23)18-19-14-16-20(17-15-19)21-11-9-10-12-22(21)24-28-31-32-29-24/h9-12,14-17H,5-8,13,18H2,1-4H3,(H,28,29,31,32). The monoisotopic (exact) mass is 475 g/mol. The lowest BCUT2D eigenvalue weighted by Crippen LogP contribution is -2.31. The van der Waals surface area contributed by atoms with Crippen molar-refractivity contribution in [1.29, 1.82) is 0 Å². The maximum absolute atomic E-state index is 5.70. The molecule has 1 N–H and O–H groups in total. The van der Waals surface area contributed by atoms with Crippen molar-refractivity contribution in [3.8, 4) is 22.5 Å². The van der Waals surface area contributed by atoms with Gasteiger partial charge in [-0.25, -0.2) is 14.8 Å². The lowest BCUT2D eigenvalue weighted by atomic mass is 9.98. The van der Waals surface area contributed by atoms with E-state index in [4.69, 9.17) is 19.6 Å². The number of nitrogens with zero attached hydrogens (tertiary/aromatic N) is 6. The number of unbranched alkanes of at least 4 members (excludes halogenated alkanes) is 2. The van der Waals surface area contributed by atoms with Crippen LogP contribution in [0.4, 0.5) is 0 Å². The number of hydrogen-bond donors (Lipinski definition) is 1. The highest BCUT2D eigenvalue weighted by Gasteiger charge is 2.35. The van der Waals surface area contributed by atoms with E-state index in [1.807, 2.05) is 29.8 Å². The van der Waals surface area contributed by atoms with Gasteiger partial charge in [-0.05, 0) is 33.5 Å². The predicted molar refractivity (Wildman–Crippen MR) is 133 cm³/mol. The van der Waals surface area contributed by atoms with Gasteiger partial charge >= 0.3 is 0 Å². The van der Waals surface area contributed by atoms with Crippen molar-refractivity contribution < 1.29 is 9.47 Å². The quantitative estimate of drug-likeness (QED) is 0.233. The SMILES string of the molecule is CCCCCc1nc(C(CC)(OC)OC)nn1Cc1ccc(-c2ccccc2-c2nnn[nH]2)cc1. The Balaban J connectivity index is 1.61. The number of tetrazole rings is 1. The number of nitrogens with one attached hydrogen (secondary N) is 1. The van der Waals surface area contributed by atoms with Gasteiger partial charge in [-0.15, -0.1) is 10.2 Å². The van der Waals surface area contributed by atoms with E-state index < -0.39 is 5.79 Å². The molecule has 0 atom stereocenters. The van der Waals surface area contributed by atoms with Crippen LogP contribution in [0.2, 0.25) is 0 Å². The Morgan fingerprint density at radius 1 is 0.943 bits per heavy atom. The first-order valence-electron chi connectivity index (χ1n) is 12.1. The molecule has 0 amide bonds. The Morgan fingerprint density at radius 2 is 1.69 bits per heavy atom. The molecule has 2 aromatic carbocycles. The number of aromatic nitrogens is 7. The van der Waals surface area contributed by atoms with Crippen molar-refractivity contribution in [1.82, 2.24) is 35.4 Å². The number of ether oxygens (including phenoxy) is 2. The maximum atomic E-state index is 5.70. The summed E-state index contributed by atoms with van der Waals surface area (Å²) in [6.07, 6.45) is 4.87. The van der Waals surface area contributed by atoms with Crippen LogP contribution in [0.5, 0.6) is 0 Å². The second-order valence-electron chi connectivity index (χ2n) is 8.47. The third kappa shape index (κ3) is 5.31. The highest BCUT2D eigenvalue weighted by molar-refractivity contribution is 5.80. The minimum Gasteiger partial charge on any atom is -0.347 e. The van der Waals surface area contributed by atoms with Crippen molar-refractivity contribution >= 4 is 0 Å². The van der Waals surface area contributed by atoms with Crippen molar-refractivity contribution in [2.24, 2.45) is 0 Å². The molecular weight excluding hydrogens is 442 g/mol. The summed E-state index contributed by atoms with van der Waals surface area (Å²) in [7, 11) is 3.27. The van der Waals surface area contributed by atoms with E-state index in [-0.39, 0.29) is 0 Å². The van der Waals surface area contributed by atoms with Crippen LogP contribution in [0.1, 0.15) is 56.7 Å². The van der Waals surface area contributed by atoms with E-state index in [2.05, 4.69) is 57.9 Å². The fourth-order valence-electron chi connectivity index (χ4n) is 4.27. The summed E-state index contributed by atoms with van der Waals surface area (Å²) in [6, 6.07) is 16.6. The van der Waals surface area contributed by atoms with Crippen LogP contribution in [0, 0.1) is 0 Å². The molecule has 2 aromatic heterocycles. The first-order valence-corrected chi connectivity index (χ1v) is 12.1. The van der Waals surface area contributed by atoms with Crippen molar-refractivity contribution in [3.05, 3.63) is 65.7 Å². The molecule has 35 heavy (non-hydrogen) atoms. The molecule has 0 aliphatic rings. The van der Waals surface area contributed by atoms with Crippen molar-refractivity contribution in [2.75, 3.05) is 14.2 Å². The van der Waals surface area contributed by atoms with Crippen molar-refractivity contribution in [3.63, 3.8) is 0 Å². The zero-order valence-corrected chi connectivity index (χ0v) is 20.9. The smallest absolute Gasteiger partial charge is 0.231 e. The van der Waals surface area contributed by atoms with E-state index >= 15 is 0 Å². The summed E-state index contributed by atoms with van der Waals surface area (Å²) < 4.78 is 13.4. The molecule has 9 heteroatoms. The van der Waals surface area contributed by atoms with Gasteiger partial charge in [0.25, 0.3) is 0 Å². The minimum atomic E-state index is -0.937. The van der Waals surface area contributed by atoms with Crippen LogP contribution in [0.15, 0.2) is 48.5 Å². The van der Waals surface area contributed by atoms with E-state index in [9.17, 15) is 0 Å². The van der Waals surface area contributed by atoms with E-state index in [0.717, 1.165) is 53.8 Å². The van der Waals surface area contributed by atoms with Gasteiger partial charge in [0.2, 0.25) is 11.6 Å². The van der Waals surface area contributed by atoms with Crippen LogP contribution in [0.25, 0.3) is 22.5 Å². The number of benzene rings is 2. The zero-order chi connectivity index (χ0) is 24.7. The largest absolute Gasteiger partial charge is 0.347 e. The van der Waals surface area contributed by atoms with E-state index in [0.29, 0.717) is 24.6 Å². The van der Waals surface area contributed by atoms with Crippen LogP contribution in [-0.4, -0.2) is 49.6 Å². The zero-order valence-electron chi connectivity index (χ0n) is 20.9. The average molecular weight is 476 g/mol. The molecule has 2 heterocycles. The van der Waals surface area contributed by atoms with Gasteiger partial charge in [0.15, 0.2) is 5.82 Å². The van der Waals surface area contributed by atoms with Crippen molar-refractivity contribution in [2.45, 2.75) is 58.3 Å². The summed E-state index contributed by atoms with van der Waals surface area (Å²) in [5, 5.41) is 19.2. The first kappa shape index (κ1) is 24.7. The van der Waals surface area contributed by atoms with E-state index in [1.165, 1.54) is 0 Å². The van der Waals surface area contributed by atoms with Gasteiger partial charge in [-0.3, -0.25) is 0 Å². The summed E-state index contributed by atoms with van der Waals surface area (Å²) in [6.45, 7) is 4.83. The van der Waals surface area contributed by atoms with E-state index in [1.54, 1.807) is 14.2 Å². The van der Waals surface area contributed by atoms with Crippen LogP contribution in [0.3, 0.4) is 0 Å². The van der Waals surface area contributed by atoms with Crippen LogP contribution in [-0.2, 0) is 28.2 Å². The highest BCUT2D eigenvalue weighted by atomic mass is 16.7. The Labute approximate surface area is 205 Å². The molecule has 0 spiro atoms. The molecule has 0 bridgehead atoms. The van der Waals surface area contributed by atoms with Crippen LogP contribution < -0.4 is 0 Å². The number of aryl methyl sites for hydroxylation is 1. The molecule has 0 aliphatic carbocycles. The molecular formula is C26H33N7O2. The van der Waals surface area contributed by atoms with Gasteiger partial charge in [0.05, 0.1) is 6.54 Å². The summed E-state index contributed by atoms with van der Waals surface area (Å²) in [5.41, 5.74) is 4.25. The Morgan fingerprint density at radius 3 is 2.31 bits per heavy atom. The third-order valence-corrected chi connectivity index (χ3v) is 6.34. The summed E-state index contributed by atoms with van der Waals surface area (Å²) in [4.78, 5) is 4.85. The van der Waals surface area contributed by atoms with Crippen LogP contribution >= 0.6 is 0 Å². The number of methoxy groups -OCH3 is 2. The molecule has 4 rings (SSSR count). The van der Waals surface area contributed by atoms with Gasteiger partial charge < -0.3 is 9.47 Å². The number of hydrogen-bond acceptors (Lipinski definition) is 7. The fraction of sp³-hybridized carbons (Fsp3) is 0.423. The lowest BCUT2D eigenvalue weighted by Gasteiger charge is -2.26. The molecule has 0 unspecified atom stereocenters. The number of rotatable bonds is 12. The molecule has 4 aromatic rings. The minimum absolute atomic E-state index is 0.572.